The summed E-state index contributed by atoms with van der Waals surface area (Å²) >= 11 is 0. The number of hydrogen-bond donors (Lipinski definition) is 4. The predicted octanol–water partition coefficient (Wildman–Crippen LogP) is 3.99. The second-order valence-corrected chi connectivity index (χ2v) is 7.09. The number of aromatic nitrogens is 2. The monoisotopic (exact) mass is 379 g/mol. The van der Waals surface area contributed by atoms with Crippen LogP contribution in [-0.2, 0) is 0 Å². The molecule has 9 heteroatoms. The highest BCUT2D eigenvalue weighted by atomic mass is 19.3. The van der Waals surface area contributed by atoms with E-state index >= 15 is 0 Å². The van der Waals surface area contributed by atoms with Crippen molar-refractivity contribution in [3.63, 3.8) is 0 Å². The number of pyridine rings is 2. The molecule has 1 aliphatic carbocycles. The quantitative estimate of drug-likeness (QED) is 0.606. The molecular weight excluding hydrogens is 356 g/mol. The van der Waals surface area contributed by atoms with Crippen molar-refractivity contribution in [3.05, 3.63) is 24.0 Å². The van der Waals surface area contributed by atoms with Crippen molar-refractivity contribution < 1.29 is 18.7 Å². The van der Waals surface area contributed by atoms with Gasteiger partial charge in [0.05, 0.1) is 0 Å². The van der Waals surface area contributed by atoms with E-state index in [4.69, 9.17) is 5.11 Å². The first-order valence-electron chi connectivity index (χ1n) is 8.93. The van der Waals surface area contributed by atoms with Crippen molar-refractivity contribution in [2.45, 2.75) is 57.7 Å². The van der Waals surface area contributed by atoms with Gasteiger partial charge in [0.15, 0.2) is 0 Å². The van der Waals surface area contributed by atoms with Gasteiger partial charge in [-0.15, -0.1) is 0 Å². The van der Waals surface area contributed by atoms with Gasteiger partial charge in [-0.05, 0) is 45.2 Å². The zero-order chi connectivity index (χ0) is 19.6. The Hall–Kier alpha value is -2.71. The Morgan fingerprint density at radius 3 is 2.67 bits per heavy atom. The molecule has 0 bridgehead atoms. The molecule has 1 aliphatic rings. The topological polar surface area (TPSA) is 99.2 Å². The number of rotatable bonds is 6. The SMILES string of the molecule is CC(C)Nc1nc(C(F)F)cc2cnc(N[C@H]3CC[C@@H](NC(=O)O)C3)cc12. The van der Waals surface area contributed by atoms with E-state index in [2.05, 4.69) is 25.9 Å². The molecule has 0 aromatic carbocycles. The number of alkyl halides is 2. The zero-order valence-electron chi connectivity index (χ0n) is 15.2. The van der Waals surface area contributed by atoms with E-state index in [1.807, 2.05) is 13.8 Å². The maximum atomic E-state index is 13.1. The number of anilines is 2. The lowest BCUT2D eigenvalue weighted by Crippen LogP contribution is -2.32. The number of nitrogens with one attached hydrogen (secondary N) is 3. The Balaban J connectivity index is 1.83. The molecule has 2 heterocycles. The second kappa shape index (κ2) is 7.89. The minimum atomic E-state index is -2.66. The van der Waals surface area contributed by atoms with Crippen molar-refractivity contribution in [3.8, 4) is 0 Å². The molecule has 27 heavy (non-hydrogen) atoms. The maximum absolute atomic E-state index is 13.1. The van der Waals surface area contributed by atoms with Crippen LogP contribution in [0.5, 0.6) is 0 Å². The summed E-state index contributed by atoms with van der Waals surface area (Å²) in [6.45, 7) is 3.83. The molecule has 0 spiro atoms. The minimum absolute atomic E-state index is 0.0379. The van der Waals surface area contributed by atoms with Crippen LogP contribution < -0.4 is 16.0 Å². The van der Waals surface area contributed by atoms with Gasteiger partial charge in [0, 0.05) is 35.1 Å². The van der Waals surface area contributed by atoms with Crippen LogP contribution in [0.1, 0.15) is 45.2 Å². The van der Waals surface area contributed by atoms with E-state index in [1.165, 1.54) is 6.07 Å². The number of carboxylic acid groups (broad SMARTS) is 1. The van der Waals surface area contributed by atoms with Crippen molar-refractivity contribution in [1.82, 2.24) is 15.3 Å². The summed E-state index contributed by atoms with van der Waals surface area (Å²) in [7, 11) is 0. The molecule has 0 unspecified atom stereocenters. The summed E-state index contributed by atoms with van der Waals surface area (Å²) in [4.78, 5) is 19.2. The summed E-state index contributed by atoms with van der Waals surface area (Å²) in [5.74, 6) is 1.02. The Morgan fingerprint density at radius 2 is 2.00 bits per heavy atom. The summed E-state index contributed by atoms with van der Waals surface area (Å²) in [5.41, 5.74) is -0.286. The van der Waals surface area contributed by atoms with E-state index in [0.29, 0.717) is 28.8 Å². The van der Waals surface area contributed by atoms with Gasteiger partial charge < -0.3 is 21.1 Å². The smallest absolute Gasteiger partial charge is 0.404 e. The summed E-state index contributed by atoms with van der Waals surface area (Å²) in [5, 5.41) is 19.0. The largest absolute Gasteiger partial charge is 0.465 e. The first-order chi connectivity index (χ1) is 12.8. The molecule has 1 saturated carbocycles. The van der Waals surface area contributed by atoms with E-state index < -0.39 is 12.5 Å². The number of amides is 1. The van der Waals surface area contributed by atoms with E-state index in [1.54, 1.807) is 12.3 Å². The number of nitrogens with zero attached hydrogens (tertiary/aromatic N) is 2. The summed E-state index contributed by atoms with van der Waals surface area (Å²) in [6.07, 6.45) is 0.137. The molecule has 7 nitrogen and oxygen atoms in total. The number of fused-ring (bicyclic) bond motifs is 1. The Morgan fingerprint density at radius 1 is 1.26 bits per heavy atom. The van der Waals surface area contributed by atoms with Gasteiger partial charge in [0.25, 0.3) is 6.43 Å². The van der Waals surface area contributed by atoms with Crippen LogP contribution in [0, 0.1) is 0 Å². The van der Waals surface area contributed by atoms with Crippen molar-refractivity contribution >= 4 is 28.5 Å². The van der Waals surface area contributed by atoms with Crippen LogP contribution >= 0.6 is 0 Å². The third-order valence-corrected chi connectivity index (χ3v) is 4.50. The van der Waals surface area contributed by atoms with Crippen molar-refractivity contribution in [2.75, 3.05) is 10.6 Å². The average Bonchev–Trinajstić information content (AvgIpc) is 3.00. The second-order valence-electron chi connectivity index (χ2n) is 7.09. The molecule has 0 aliphatic heterocycles. The normalized spacial score (nSPS) is 19.6. The lowest BCUT2D eigenvalue weighted by molar-refractivity contribution is 0.146. The Kier molecular flexibility index (Phi) is 5.57. The highest BCUT2D eigenvalue weighted by Crippen LogP contribution is 2.30. The first kappa shape index (κ1) is 19.1. The molecule has 3 rings (SSSR count). The number of hydrogen-bond acceptors (Lipinski definition) is 5. The van der Waals surface area contributed by atoms with Crippen LogP contribution in [0.15, 0.2) is 18.3 Å². The third-order valence-electron chi connectivity index (χ3n) is 4.50. The summed E-state index contributed by atoms with van der Waals surface area (Å²) in [6, 6.07) is 3.21. The highest BCUT2D eigenvalue weighted by molar-refractivity contribution is 5.93. The van der Waals surface area contributed by atoms with E-state index in [0.717, 1.165) is 12.8 Å². The van der Waals surface area contributed by atoms with Crippen molar-refractivity contribution in [1.29, 1.82) is 0 Å². The molecule has 1 amide bonds. The maximum Gasteiger partial charge on any atom is 0.404 e. The molecule has 2 aromatic rings. The van der Waals surface area contributed by atoms with Crippen LogP contribution in [0.25, 0.3) is 10.8 Å². The highest BCUT2D eigenvalue weighted by Gasteiger charge is 2.26. The number of halogens is 2. The standard InChI is InChI=1S/C18H23F2N5O2/c1-9(2)22-17-13-7-15(21-8-10(13)5-14(25-17)16(19)20)23-11-3-4-12(6-11)24-18(26)27/h5,7-9,11-12,16,24H,3-4,6H2,1-2H3,(H,21,23)(H,22,25)(H,26,27)/t11-,12+/m0/s1. The molecule has 146 valence electrons. The molecule has 2 atom stereocenters. The molecule has 1 fully saturated rings. The van der Waals surface area contributed by atoms with Gasteiger partial charge in [0.1, 0.15) is 17.3 Å². The van der Waals surface area contributed by atoms with Crippen molar-refractivity contribution in [2.24, 2.45) is 0 Å². The first-order valence-corrected chi connectivity index (χ1v) is 8.93. The van der Waals surface area contributed by atoms with E-state index in [9.17, 15) is 13.6 Å². The Bertz CT molecular complexity index is 831. The van der Waals surface area contributed by atoms with Gasteiger partial charge >= 0.3 is 6.09 Å². The summed E-state index contributed by atoms with van der Waals surface area (Å²) < 4.78 is 26.2. The van der Waals surface area contributed by atoms with Gasteiger partial charge in [-0.25, -0.2) is 23.5 Å². The lowest BCUT2D eigenvalue weighted by Gasteiger charge is -2.17. The molecule has 2 aromatic heterocycles. The predicted molar refractivity (Wildman–Crippen MR) is 99.5 cm³/mol. The fourth-order valence-corrected chi connectivity index (χ4v) is 3.37. The van der Waals surface area contributed by atoms with Crippen LogP contribution in [0.2, 0.25) is 0 Å². The van der Waals surface area contributed by atoms with Gasteiger partial charge in [-0.1, -0.05) is 0 Å². The van der Waals surface area contributed by atoms with Crippen LogP contribution in [0.4, 0.5) is 25.2 Å². The zero-order valence-corrected chi connectivity index (χ0v) is 15.2. The van der Waals surface area contributed by atoms with Crippen LogP contribution in [0.3, 0.4) is 0 Å². The van der Waals surface area contributed by atoms with Gasteiger partial charge in [0.2, 0.25) is 0 Å². The molecule has 0 saturated heterocycles. The lowest BCUT2D eigenvalue weighted by atomic mass is 10.1. The minimum Gasteiger partial charge on any atom is -0.465 e. The molecular formula is C18H23F2N5O2. The van der Waals surface area contributed by atoms with E-state index in [-0.39, 0.29) is 23.8 Å². The number of carbonyl (C=O) groups is 1. The fourth-order valence-electron chi connectivity index (χ4n) is 3.37. The van der Waals surface area contributed by atoms with Gasteiger partial charge in [-0.3, -0.25) is 0 Å². The average molecular weight is 379 g/mol. The molecule has 4 N–H and O–H groups in total. The fraction of sp³-hybridized carbons (Fsp3) is 0.500. The van der Waals surface area contributed by atoms with Gasteiger partial charge in [-0.2, -0.15) is 0 Å². The van der Waals surface area contributed by atoms with Crippen LogP contribution in [-0.4, -0.2) is 39.3 Å². The Labute approximate surface area is 155 Å². The third kappa shape index (κ3) is 4.72. The molecule has 0 radical (unpaired) electrons.